The average Bonchev–Trinajstić information content (AvgIpc) is 2.61. The lowest BCUT2D eigenvalue weighted by Gasteiger charge is -2.42. The Morgan fingerprint density at radius 2 is 2.23 bits per heavy atom. The van der Waals surface area contributed by atoms with Gasteiger partial charge in [0, 0.05) is 30.1 Å². The summed E-state index contributed by atoms with van der Waals surface area (Å²) >= 11 is 6.32. The van der Waals surface area contributed by atoms with Crippen molar-refractivity contribution in [3.05, 3.63) is 12.3 Å². The van der Waals surface area contributed by atoms with Gasteiger partial charge in [-0.2, -0.15) is 4.98 Å². The number of alkyl halides is 1. The third-order valence-corrected chi connectivity index (χ3v) is 5.74. The summed E-state index contributed by atoms with van der Waals surface area (Å²) in [4.78, 5) is 32.5. The largest absolute Gasteiger partial charge is 0.353 e. The third kappa shape index (κ3) is 4.44. The Hall–Kier alpha value is -1.89. The summed E-state index contributed by atoms with van der Waals surface area (Å²) in [6, 6.07) is 1.78. The van der Waals surface area contributed by atoms with Gasteiger partial charge in [-0.15, -0.1) is 11.6 Å². The molecule has 7 nitrogen and oxygen atoms in total. The highest BCUT2D eigenvalue weighted by Crippen LogP contribution is 2.36. The van der Waals surface area contributed by atoms with Crippen LogP contribution in [-0.2, 0) is 9.59 Å². The van der Waals surface area contributed by atoms with Gasteiger partial charge < -0.3 is 16.0 Å². The molecule has 142 valence electrons. The molecule has 1 aromatic rings. The highest BCUT2D eigenvalue weighted by Gasteiger charge is 2.41. The Balaban J connectivity index is 1.64. The van der Waals surface area contributed by atoms with Crippen LogP contribution in [0.25, 0.3) is 0 Å². The molecule has 2 fully saturated rings. The molecule has 4 unspecified atom stereocenters. The zero-order chi connectivity index (χ0) is 18.7. The topological polar surface area (TPSA) is 96.0 Å². The number of carbonyl (C=O) groups is 2. The molecular weight excluding hydrogens is 354 g/mol. The third-order valence-electron chi connectivity index (χ3n) is 5.34. The molecule has 1 saturated carbocycles. The number of fused-ring (bicyclic) bond motifs is 1. The Bertz CT molecular complexity index is 671. The maximum absolute atomic E-state index is 12.5. The van der Waals surface area contributed by atoms with E-state index >= 15 is 0 Å². The number of amides is 2. The fraction of sp³-hybridized carbons (Fsp3) is 0.667. The Morgan fingerprint density at radius 3 is 3.00 bits per heavy atom. The van der Waals surface area contributed by atoms with E-state index in [1.807, 2.05) is 6.92 Å². The summed E-state index contributed by atoms with van der Waals surface area (Å²) < 4.78 is 0. The van der Waals surface area contributed by atoms with E-state index in [-0.39, 0.29) is 35.2 Å². The van der Waals surface area contributed by atoms with Crippen LogP contribution in [-0.4, -0.2) is 39.2 Å². The molecule has 5 atom stereocenters. The molecular formula is C18H26ClN5O2. The van der Waals surface area contributed by atoms with Crippen molar-refractivity contribution in [2.45, 2.75) is 63.4 Å². The summed E-state index contributed by atoms with van der Waals surface area (Å²) in [5.74, 6) is 1.10. The molecule has 3 N–H and O–H groups in total. The minimum absolute atomic E-state index is 0.0784. The van der Waals surface area contributed by atoms with E-state index in [0.29, 0.717) is 24.1 Å². The van der Waals surface area contributed by atoms with E-state index in [1.54, 1.807) is 19.2 Å². The van der Waals surface area contributed by atoms with Crippen LogP contribution < -0.4 is 16.0 Å². The van der Waals surface area contributed by atoms with Crippen LogP contribution in [0.5, 0.6) is 0 Å². The second-order valence-electron chi connectivity index (χ2n) is 7.23. The second-order valence-corrected chi connectivity index (χ2v) is 7.85. The number of rotatable bonds is 5. The fourth-order valence-corrected chi connectivity index (χ4v) is 4.20. The first kappa shape index (κ1) is 18.9. The Labute approximate surface area is 158 Å². The van der Waals surface area contributed by atoms with Crippen molar-refractivity contribution in [2.75, 3.05) is 10.6 Å². The van der Waals surface area contributed by atoms with Crippen molar-refractivity contribution in [1.82, 2.24) is 15.3 Å². The number of halogens is 1. The first-order chi connectivity index (χ1) is 12.5. The molecule has 0 bridgehead atoms. The van der Waals surface area contributed by atoms with E-state index in [0.717, 1.165) is 25.7 Å². The predicted octanol–water partition coefficient (Wildman–Crippen LogP) is 2.54. The van der Waals surface area contributed by atoms with Gasteiger partial charge in [0.1, 0.15) is 5.82 Å². The quantitative estimate of drug-likeness (QED) is 0.683. The minimum atomic E-state index is -0.157. The molecule has 1 saturated heterocycles. The zero-order valence-corrected chi connectivity index (χ0v) is 15.9. The van der Waals surface area contributed by atoms with Crippen LogP contribution in [0, 0.1) is 11.8 Å². The van der Waals surface area contributed by atoms with Crippen LogP contribution in [0.3, 0.4) is 0 Å². The van der Waals surface area contributed by atoms with Gasteiger partial charge in [-0.05, 0) is 44.6 Å². The van der Waals surface area contributed by atoms with Gasteiger partial charge in [-0.25, -0.2) is 4.98 Å². The Morgan fingerprint density at radius 1 is 1.42 bits per heavy atom. The summed E-state index contributed by atoms with van der Waals surface area (Å²) in [5, 5.41) is 9.30. The highest BCUT2D eigenvalue weighted by molar-refractivity contribution is 6.20. The van der Waals surface area contributed by atoms with Gasteiger partial charge in [-0.1, -0.05) is 6.92 Å². The molecule has 1 aromatic heterocycles. The van der Waals surface area contributed by atoms with Gasteiger partial charge in [0.25, 0.3) is 0 Å². The summed E-state index contributed by atoms with van der Waals surface area (Å²) in [6.07, 6.45) is 5.66. The number of anilines is 2. The number of nitrogens with zero attached hydrogens (tertiary/aromatic N) is 2. The van der Waals surface area contributed by atoms with Crippen LogP contribution >= 0.6 is 11.6 Å². The summed E-state index contributed by atoms with van der Waals surface area (Å²) in [5.41, 5.74) is 0. The lowest BCUT2D eigenvalue weighted by atomic mass is 9.74. The molecule has 2 aliphatic rings. The normalized spacial score (nSPS) is 29.3. The molecule has 26 heavy (non-hydrogen) atoms. The van der Waals surface area contributed by atoms with Crippen molar-refractivity contribution >= 4 is 35.2 Å². The van der Waals surface area contributed by atoms with Crippen molar-refractivity contribution in [3.63, 3.8) is 0 Å². The number of carbonyl (C=O) groups excluding carboxylic acids is 2. The monoisotopic (exact) mass is 379 g/mol. The SMILES string of the molecule is CCC(=O)Nc1ccnc(N[C@@H](C)C2CC3CC(Cl)CCC3NC2=O)n1. The molecule has 8 heteroatoms. The molecule has 0 radical (unpaired) electrons. The lowest BCUT2D eigenvalue weighted by Crippen LogP contribution is -2.55. The van der Waals surface area contributed by atoms with E-state index in [9.17, 15) is 9.59 Å². The highest BCUT2D eigenvalue weighted by atomic mass is 35.5. The first-order valence-electron chi connectivity index (χ1n) is 9.30. The predicted molar refractivity (Wildman–Crippen MR) is 101 cm³/mol. The maximum Gasteiger partial charge on any atom is 0.225 e. The molecule has 2 heterocycles. The standard InChI is InChI=1S/C18H26ClN5O2/c1-3-16(25)23-15-6-7-20-18(24-15)21-10(2)13-9-11-8-12(19)4-5-14(11)22-17(13)26/h6-7,10-14H,3-5,8-9H2,1-2H3,(H,22,26)(H2,20,21,23,24,25)/t10-,11?,12?,13?,14?/m0/s1. The molecule has 0 aromatic carbocycles. The fourth-order valence-electron chi connectivity index (χ4n) is 3.84. The Kier molecular flexibility index (Phi) is 5.96. The molecule has 2 amide bonds. The van der Waals surface area contributed by atoms with E-state index in [1.165, 1.54) is 0 Å². The minimum Gasteiger partial charge on any atom is -0.353 e. The van der Waals surface area contributed by atoms with Crippen molar-refractivity contribution < 1.29 is 9.59 Å². The molecule has 1 aliphatic heterocycles. The van der Waals surface area contributed by atoms with Gasteiger partial charge in [0.15, 0.2) is 0 Å². The number of piperidine rings is 1. The first-order valence-corrected chi connectivity index (χ1v) is 9.73. The van der Waals surface area contributed by atoms with Crippen LogP contribution in [0.15, 0.2) is 12.3 Å². The maximum atomic E-state index is 12.5. The number of hydrogen-bond acceptors (Lipinski definition) is 5. The van der Waals surface area contributed by atoms with Gasteiger partial charge in [0.2, 0.25) is 17.8 Å². The summed E-state index contributed by atoms with van der Waals surface area (Å²) in [6.45, 7) is 3.75. The van der Waals surface area contributed by atoms with Gasteiger partial charge in [-0.3, -0.25) is 9.59 Å². The number of aromatic nitrogens is 2. The van der Waals surface area contributed by atoms with Crippen LogP contribution in [0.2, 0.25) is 0 Å². The number of nitrogens with one attached hydrogen (secondary N) is 3. The van der Waals surface area contributed by atoms with Gasteiger partial charge in [0.05, 0.1) is 5.92 Å². The van der Waals surface area contributed by atoms with E-state index in [4.69, 9.17) is 11.6 Å². The molecule has 3 rings (SSSR count). The number of hydrogen-bond donors (Lipinski definition) is 3. The van der Waals surface area contributed by atoms with Crippen LogP contribution in [0.1, 0.15) is 46.0 Å². The van der Waals surface area contributed by atoms with Crippen molar-refractivity contribution in [2.24, 2.45) is 11.8 Å². The molecule has 0 spiro atoms. The van der Waals surface area contributed by atoms with E-state index < -0.39 is 0 Å². The summed E-state index contributed by atoms with van der Waals surface area (Å²) in [7, 11) is 0. The zero-order valence-electron chi connectivity index (χ0n) is 15.2. The lowest BCUT2D eigenvalue weighted by molar-refractivity contribution is -0.130. The molecule has 1 aliphatic carbocycles. The smallest absolute Gasteiger partial charge is 0.225 e. The van der Waals surface area contributed by atoms with Gasteiger partial charge >= 0.3 is 0 Å². The second kappa shape index (κ2) is 8.20. The van der Waals surface area contributed by atoms with Crippen molar-refractivity contribution in [3.8, 4) is 0 Å². The van der Waals surface area contributed by atoms with Crippen LogP contribution in [0.4, 0.5) is 11.8 Å². The average molecular weight is 380 g/mol. The van der Waals surface area contributed by atoms with E-state index in [2.05, 4.69) is 25.9 Å². The van der Waals surface area contributed by atoms with Crippen molar-refractivity contribution in [1.29, 1.82) is 0 Å².